The minimum Gasteiger partial charge on any atom is -0.490 e. The maximum atomic E-state index is 12.4. The van der Waals surface area contributed by atoms with Gasteiger partial charge in [0.2, 0.25) is 11.7 Å². The van der Waals surface area contributed by atoms with E-state index in [9.17, 15) is 9.59 Å². The Bertz CT molecular complexity index is 1060. The summed E-state index contributed by atoms with van der Waals surface area (Å²) >= 11 is 0. The number of methoxy groups -OCH3 is 1. The molecule has 0 radical (unpaired) electrons. The lowest BCUT2D eigenvalue weighted by Crippen LogP contribution is -2.66. The fraction of sp³-hybridized carbons (Fsp3) is 0.476. The van der Waals surface area contributed by atoms with Gasteiger partial charge in [-0.2, -0.15) is 0 Å². The van der Waals surface area contributed by atoms with Crippen molar-refractivity contribution in [3.05, 3.63) is 24.2 Å². The highest BCUT2D eigenvalue weighted by molar-refractivity contribution is 6.01. The number of ether oxygens (including phenoxy) is 2. The lowest BCUT2D eigenvalue weighted by atomic mass is 9.78. The molecule has 2 amide bonds. The van der Waals surface area contributed by atoms with Crippen LogP contribution in [0.3, 0.4) is 0 Å². The Morgan fingerprint density at radius 2 is 2.00 bits per heavy atom. The zero-order valence-electron chi connectivity index (χ0n) is 18.0. The molecular weight excluding hydrogens is 414 g/mol. The van der Waals surface area contributed by atoms with Gasteiger partial charge in [-0.05, 0) is 12.8 Å². The van der Waals surface area contributed by atoms with Gasteiger partial charge >= 0.3 is 0 Å². The summed E-state index contributed by atoms with van der Waals surface area (Å²) in [6, 6.07) is 1.62. The molecule has 11 heteroatoms. The van der Waals surface area contributed by atoms with Crippen LogP contribution in [-0.2, 0) is 9.53 Å². The maximum Gasteiger partial charge on any atom is 0.254 e. The predicted molar refractivity (Wildman–Crippen MR) is 116 cm³/mol. The molecule has 168 valence electrons. The van der Waals surface area contributed by atoms with Crippen LogP contribution >= 0.6 is 0 Å². The van der Waals surface area contributed by atoms with Crippen molar-refractivity contribution < 1.29 is 19.1 Å². The molecule has 2 aromatic heterocycles. The van der Waals surface area contributed by atoms with Crippen molar-refractivity contribution in [3.63, 3.8) is 0 Å². The molecule has 2 aliphatic heterocycles. The second-order valence-corrected chi connectivity index (χ2v) is 8.51. The summed E-state index contributed by atoms with van der Waals surface area (Å²) in [5, 5.41) is 8.59. The summed E-state index contributed by atoms with van der Waals surface area (Å²) in [4.78, 5) is 39.7. The molecule has 0 bridgehead atoms. The Balaban J connectivity index is 1.43. The highest BCUT2D eigenvalue weighted by Gasteiger charge is 2.50. The predicted octanol–water partition coefficient (Wildman–Crippen LogP) is 1.17. The average molecular weight is 439 g/mol. The lowest BCUT2D eigenvalue weighted by Gasteiger charge is -2.55. The molecule has 4 heterocycles. The molecule has 5 rings (SSSR count). The topological polar surface area (TPSA) is 131 Å². The van der Waals surface area contributed by atoms with E-state index < -0.39 is 0 Å². The van der Waals surface area contributed by atoms with Crippen LogP contribution in [0.25, 0.3) is 0 Å². The van der Waals surface area contributed by atoms with E-state index in [-0.39, 0.29) is 23.1 Å². The second-order valence-electron chi connectivity index (χ2n) is 8.51. The number of aromatic nitrogens is 3. The first-order valence-corrected chi connectivity index (χ1v) is 10.5. The Labute approximate surface area is 184 Å². The van der Waals surface area contributed by atoms with E-state index in [1.807, 2.05) is 0 Å². The Hall–Kier alpha value is -3.47. The summed E-state index contributed by atoms with van der Waals surface area (Å²) in [7, 11) is 3.10. The van der Waals surface area contributed by atoms with Crippen molar-refractivity contribution in [3.8, 4) is 5.75 Å². The zero-order chi connectivity index (χ0) is 22.3. The first kappa shape index (κ1) is 20.4. The molecule has 2 saturated heterocycles. The highest BCUT2D eigenvalue weighted by Crippen LogP contribution is 2.44. The number of amides is 2. The van der Waals surface area contributed by atoms with Crippen LogP contribution in [0.15, 0.2) is 18.6 Å². The minimum atomic E-state index is -0.317. The zero-order valence-corrected chi connectivity index (χ0v) is 18.0. The summed E-state index contributed by atoms with van der Waals surface area (Å²) < 4.78 is 11.0. The maximum absolute atomic E-state index is 12.4. The van der Waals surface area contributed by atoms with Crippen molar-refractivity contribution in [2.24, 2.45) is 11.3 Å². The fourth-order valence-corrected chi connectivity index (χ4v) is 4.00. The molecule has 11 nitrogen and oxygen atoms in total. The van der Waals surface area contributed by atoms with E-state index in [0.717, 1.165) is 39.1 Å². The highest BCUT2D eigenvalue weighted by atomic mass is 16.5. The normalized spacial score (nSPS) is 18.4. The van der Waals surface area contributed by atoms with Gasteiger partial charge in [0.25, 0.3) is 5.91 Å². The van der Waals surface area contributed by atoms with Gasteiger partial charge in [0.15, 0.2) is 11.6 Å². The molecule has 3 fully saturated rings. The van der Waals surface area contributed by atoms with Gasteiger partial charge in [0, 0.05) is 38.3 Å². The van der Waals surface area contributed by atoms with Gasteiger partial charge in [0.1, 0.15) is 12.1 Å². The SMILES string of the molecule is CNC(=O)c1cnc(NC(=O)C2CC2)cc1Nc1ncnc(N2CC3(COC3)C2)c1OC. The molecule has 2 aromatic rings. The number of hydrogen-bond acceptors (Lipinski definition) is 9. The van der Waals surface area contributed by atoms with Crippen LogP contribution in [0.2, 0.25) is 0 Å². The molecule has 1 spiro atoms. The van der Waals surface area contributed by atoms with Gasteiger partial charge < -0.3 is 30.3 Å². The smallest absolute Gasteiger partial charge is 0.254 e. The molecule has 0 unspecified atom stereocenters. The number of anilines is 4. The second kappa shape index (κ2) is 7.90. The van der Waals surface area contributed by atoms with E-state index in [0.29, 0.717) is 34.5 Å². The van der Waals surface area contributed by atoms with E-state index in [4.69, 9.17) is 9.47 Å². The standard InChI is InChI=1S/C21H25N7O4/c1-22-20(30)13-6-23-15(27-19(29)12-3-4-12)5-14(13)26-17-16(31-2)18(25-11-24-17)28-7-21(8-28)9-32-10-21/h5-6,11-12H,3-4,7-10H2,1-2H3,(H,22,30)(H2,23,24,25,26,27,29). The minimum absolute atomic E-state index is 0.0391. The molecule has 3 N–H and O–H groups in total. The van der Waals surface area contributed by atoms with Crippen LogP contribution in [0, 0.1) is 11.3 Å². The summed E-state index contributed by atoms with van der Waals surface area (Å²) in [6.45, 7) is 3.22. The molecule has 1 aliphatic carbocycles. The number of pyridine rings is 1. The monoisotopic (exact) mass is 439 g/mol. The van der Waals surface area contributed by atoms with Crippen LogP contribution in [0.4, 0.5) is 23.1 Å². The third-order valence-electron chi connectivity index (χ3n) is 5.99. The van der Waals surface area contributed by atoms with Gasteiger partial charge in [-0.1, -0.05) is 0 Å². The first-order valence-electron chi connectivity index (χ1n) is 10.5. The van der Waals surface area contributed by atoms with Crippen molar-refractivity contribution in [2.45, 2.75) is 12.8 Å². The summed E-state index contributed by atoms with van der Waals surface area (Å²) in [5.41, 5.74) is 0.977. The van der Waals surface area contributed by atoms with Crippen LogP contribution in [-0.4, -0.2) is 67.2 Å². The molecule has 32 heavy (non-hydrogen) atoms. The summed E-state index contributed by atoms with van der Waals surface area (Å²) in [5.74, 6) is 1.59. The quantitative estimate of drug-likeness (QED) is 0.582. The summed E-state index contributed by atoms with van der Waals surface area (Å²) in [6.07, 6.45) is 4.66. The average Bonchev–Trinajstić information content (AvgIpc) is 3.57. The van der Waals surface area contributed by atoms with Gasteiger partial charge in [-0.15, -0.1) is 0 Å². The molecule has 0 aromatic carbocycles. The van der Waals surface area contributed by atoms with Gasteiger partial charge in [-0.25, -0.2) is 15.0 Å². The van der Waals surface area contributed by atoms with Crippen LogP contribution < -0.4 is 25.6 Å². The molecular formula is C21H25N7O4. The van der Waals surface area contributed by atoms with Crippen molar-refractivity contribution in [1.29, 1.82) is 0 Å². The van der Waals surface area contributed by atoms with Gasteiger partial charge in [-0.3, -0.25) is 9.59 Å². The van der Waals surface area contributed by atoms with E-state index in [2.05, 4.69) is 35.8 Å². The molecule has 0 atom stereocenters. The number of rotatable bonds is 7. The number of carbonyl (C=O) groups excluding carboxylic acids is 2. The van der Waals surface area contributed by atoms with Crippen LogP contribution in [0.1, 0.15) is 23.2 Å². The molecule has 1 saturated carbocycles. The Kier molecular flexibility index (Phi) is 5.04. The largest absolute Gasteiger partial charge is 0.490 e. The van der Waals surface area contributed by atoms with Gasteiger partial charge in [0.05, 0.1) is 37.0 Å². The Morgan fingerprint density at radius 1 is 1.22 bits per heavy atom. The Morgan fingerprint density at radius 3 is 2.62 bits per heavy atom. The van der Waals surface area contributed by atoms with Crippen LogP contribution in [0.5, 0.6) is 5.75 Å². The van der Waals surface area contributed by atoms with Crippen molar-refractivity contribution in [2.75, 3.05) is 56.0 Å². The third-order valence-corrected chi connectivity index (χ3v) is 5.99. The van der Waals surface area contributed by atoms with Crippen molar-refractivity contribution in [1.82, 2.24) is 20.3 Å². The fourth-order valence-electron chi connectivity index (χ4n) is 4.00. The van der Waals surface area contributed by atoms with E-state index >= 15 is 0 Å². The number of carbonyl (C=O) groups is 2. The third kappa shape index (κ3) is 3.68. The first-order chi connectivity index (χ1) is 15.5. The number of nitrogens with zero attached hydrogens (tertiary/aromatic N) is 4. The molecule has 3 aliphatic rings. The van der Waals surface area contributed by atoms with E-state index in [1.165, 1.54) is 12.5 Å². The number of nitrogens with one attached hydrogen (secondary N) is 3. The van der Waals surface area contributed by atoms with E-state index in [1.54, 1.807) is 20.2 Å². The number of hydrogen-bond donors (Lipinski definition) is 3. The van der Waals surface area contributed by atoms with Crippen molar-refractivity contribution >= 4 is 35.0 Å². The lowest BCUT2D eigenvalue weighted by molar-refractivity contribution is -0.127.